The minimum atomic E-state index is -0.112. The van der Waals surface area contributed by atoms with E-state index < -0.39 is 0 Å². The standard InChI is InChI=1S/C18H23FN4S.HI/c1-3-20-17(22-11-14-10-21-13(2)24-14)23-12-18(8-9-18)15-6-4-5-7-16(15)19;/h4-7,10H,3,8-9,11-12H2,1-2H3,(H2,20,22,23);1H. The maximum atomic E-state index is 14.1. The van der Waals surface area contributed by atoms with Crippen LogP contribution in [0.25, 0.3) is 0 Å². The van der Waals surface area contributed by atoms with Crippen molar-refractivity contribution in [3.05, 3.63) is 51.7 Å². The zero-order valence-electron chi connectivity index (χ0n) is 14.5. The Bertz CT molecular complexity index is 727. The van der Waals surface area contributed by atoms with Gasteiger partial charge in [-0.15, -0.1) is 35.3 Å². The van der Waals surface area contributed by atoms with Crippen molar-refractivity contribution in [3.8, 4) is 0 Å². The molecule has 1 aliphatic rings. The normalized spacial score (nSPS) is 15.4. The van der Waals surface area contributed by atoms with E-state index in [4.69, 9.17) is 0 Å². The Kier molecular flexibility index (Phi) is 7.18. The summed E-state index contributed by atoms with van der Waals surface area (Å²) in [5.41, 5.74) is 0.717. The van der Waals surface area contributed by atoms with Crippen molar-refractivity contribution < 1.29 is 4.39 Å². The first-order chi connectivity index (χ1) is 11.6. The first-order valence-electron chi connectivity index (χ1n) is 8.31. The average Bonchev–Trinajstić information content (AvgIpc) is 3.25. The highest BCUT2D eigenvalue weighted by Crippen LogP contribution is 2.48. The van der Waals surface area contributed by atoms with E-state index >= 15 is 0 Å². The third-order valence-corrected chi connectivity index (χ3v) is 5.20. The molecule has 0 amide bonds. The first kappa shape index (κ1) is 20.1. The summed E-state index contributed by atoms with van der Waals surface area (Å²) in [6.07, 6.45) is 3.89. The average molecular weight is 474 g/mol. The quantitative estimate of drug-likeness (QED) is 0.378. The van der Waals surface area contributed by atoms with Gasteiger partial charge in [0.15, 0.2) is 5.96 Å². The van der Waals surface area contributed by atoms with Crippen molar-refractivity contribution >= 4 is 41.3 Å². The summed E-state index contributed by atoms with van der Waals surface area (Å²) < 4.78 is 14.1. The van der Waals surface area contributed by atoms with Gasteiger partial charge >= 0.3 is 0 Å². The van der Waals surface area contributed by atoms with Gasteiger partial charge in [-0.05, 0) is 38.3 Å². The molecular formula is C18H24FIN4S. The fraction of sp³-hybridized carbons (Fsp3) is 0.444. The molecule has 1 heterocycles. The van der Waals surface area contributed by atoms with Crippen LogP contribution in [0, 0.1) is 12.7 Å². The predicted octanol–water partition coefficient (Wildman–Crippen LogP) is 4.00. The molecule has 0 aliphatic heterocycles. The largest absolute Gasteiger partial charge is 0.357 e. The number of hydrogen-bond donors (Lipinski definition) is 2. The Morgan fingerprint density at radius 3 is 2.68 bits per heavy atom. The van der Waals surface area contributed by atoms with Gasteiger partial charge in [-0.2, -0.15) is 0 Å². The molecule has 0 unspecified atom stereocenters. The van der Waals surface area contributed by atoms with Crippen molar-refractivity contribution in [3.63, 3.8) is 0 Å². The molecule has 1 aromatic carbocycles. The molecule has 1 aliphatic carbocycles. The molecule has 2 aromatic rings. The Hall–Kier alpha value is -1.22. The maximum absolute atomic E-state index is 14.1. The van der Waals surface area contributed by atoms with Crippen LogP contribution < -0.4 is 10.6 Å². The fourth-order valence-corrected chi connectivity index (χ4v) is 3.53. The molecule has 0 bridgehead atoms. The van der Waals surface area contributed by atoms with Crippen LogP contribution in [0.1, 0.15) is 35.2 Å². The maximum Gasteiger partial charge on any atom is 0.191 e. The Morgan fingerprint density at radius 2 is 2.08 bits per heavy atom. The fourth-order valence-electron chi connectivity index (χ4n) is 2.81. The lowest BCUT2D eigenvalue weighted by molar-refractivity contribution is 0.560. The van der Waals surface area contributed by atoms with Gasteiger partial charge in [0.1, 0.15) is 5.82 Å². The van der Waals surface area contributed by atoms with Crippen LogP contribution in [0.3, 0.4) is 0 Å². The number of rotatable bonds is 6. The molecular weight excluding hydrogens is 450 g/mol. The van der Waals surface area contributed by atoms with Crippen molar-refractivity contribution in [1.82, 2.24) is 15.6 Å². The van der Waals surface area contributed by atoms with Gasteiger partial charge in [0, 0.05) is 29.6 Å². The van der Waals surface area contributed by atoms with E-state index in [0.717, 1.165) is 40.8 Å². The van der Waals surface area contributed by atoms with Gasteiger partial charge in [-0.1, -0.05) is 18.2 Å². The number of nitrogens with one attached hydrogen (secondary N) is 2. The molecule has 0 radical (unpaired) electrons. The Labute approximate surface area is 169 Å². The van der Waals surface area contributed by atoms with Crippen LogP contribution >= 0.6 is 35.3 Å². The van der Waals surface area contributed by atoms with Crippen LogP contribution in [0.15, 0.2) is 35.5 Å². The van der Waals surface area contributed by atoms with Crippen LogP contribution in [0.5, 0.6) is 0 Å². The zero-order chi connectivity index (χ0) is 17.0. The van der Waals surface area contributed by atoms with E-state index in [1.807, 2.05) is 32.2 Å². The van der Waals surface area contributed by atoms with Gasteiger partial charge < -0.3 is 10.6 Å². The van der Waals surface area contributed by atoms with E-state index in [-0.39, 0.29) is 35.2 Å². The highest BCUT2D eigenvalue weighted by atomic mass is 127. The number of nitrogens with zero attached hydrogens (tertiary/aromatic N) is 2. The minimum Gasteiger partial charge on any atom is -0.357 e. The number of hydrogen-bond acceptors (Lipinski definition) is 3. The van der Waals surface area contributed by atoms with Gasteiger partial charge in [0.05, 0.1) is 11.6 Å². The molecule has 2 N–H and O–H groups in total. The van der Waals surface area contributed by atoms with E-state index in [0.29, 0.717) is 13.1 Å². The number of aryl methyl sites for hydroxylation is 1. The summed E-state index contributed by atoms with van der Waals surface area (Å²) in [6, 6.07) is 7.09. The van der Waals surface area contributed by atoms with E-state index in [2.05, 4.69) is 20.6 Å². The summed E-state index contributed by atoms with van der Waals surface area (Å²) >= 11 is 1.66. The SMILES string of the molecule is CCNC(=NCc1cnc(C)s1)NCC1(c2ccccc2F)CC1.I. The first-order valence-corrected chi connectivity index (χ1v) is 9.13. The van der Waals surface area contributed by atoms with Gasteiger partial charge in [0.2, 0.25) is 0 Å². The number of thiazole rings is 1. The van der Waals surface area contributed by atoms with Crippen LogP contribution in [0.2, 0.25) is 0 Å². The molecule has 136 valence electrons. The van der Waals surface area contributed by atoms with Crippen LogP contribution in [0.4, 0.5) is 4.39 Å². The molecule has 1 fully saturated rings. The Morgan fingerprint density at radius 1 is 1.32 bits per heavy atom. The molecule has 1 saturated carbocycles. The molecule has 25 heavy (non-hydrogen) atoms. The van der Waals surface area contributed by atoms with Gasteiger partial charge in [-0.3, -0.25) is 0 Å². The highest BCUT2D eigenvalue weighted by Gasteiger charge is 2.45. The highest BCUT2D eigenvalue weighted by molar-refractivity contribution is 14.0. The third kappa shape index (κ3) is 5.13. The van der Waals surface area contributed by atoms with Gasteiger partial charge in [0.25, 0.3) is 0 Å². The second kappa shape index (κ2) is 8.93. The second-order valence-corrected chi connectivity index (χ2v) is 7.47. The lowest BCUT2D eigenvalue weighted by Gasteiger charge is -2.19. The van der Waals surface area contributed by atoms with Crippen LogP contribution in [-0.4, -0.2) is 24.0 Å². The number of benzene rings is 1. The molecule has 7 heteroatoms. The van der Waals surface area contributed by atoms with E-state index in [1.54, 1.807) is 23.5 Å². The number of aliphatic imine (C=N–C) groups is 1. The minimum absolute atomic E-state index is 0. The lowest BCUT2D eigenvalue weighted by atomic mass is 9.95. The summed E-state index contributed by atoms with van der Waals surface area (Å²) in [4.78, 5) is 10.0. The van der Waals surface area contributed by atoms with Crippen molar-refractivity contribution in [2.75, 3.05) is 13.1 Å². The summed E-state index contributed by atoms with van der Waals surface area (Å²) in [6.45, 7) is 6.12. The molecule has 0 spiro atoms. The molecule has 4 nitrogen and oxygen atoms in total. The van der Waals surface area contributed by atoms with Crippen molar-refractivity contribution in [2.45, 2.75) is 38.6 Å². The number of aromatic nitrogens is 1. The Balaban J connectivity index is 0.00000225. The van der Waals surface area contributed by atoms with Crippen molar-refractivity contribution in [2.24, 2.45) is 4.99 Å². The lowest BCUT2D eigenvalue weighted by Crippen LogP contribution is -2.41. The third-order valence-electron chi connectivity index (χ3n) is 4.30. The van der Waals surface area contributed by atoms with E-state index in [9.17, 15) is 4.39 Å². The zero-order valence-corrected chi connectivity index (χ0v) is 17.7. The topological polar surface area (TPSA) is 49.3 Å². The van der Waals surface area contributed by atoms with E-state index in [1.165, 1.54) is 0 Å². The monoisotopic (exact) mass is 474 g/mol. The smallest absolute Gasteiger partial charge is 0.191 e. The van der Waals surface area contributed by atoms with Crippen LogP contribution in [-0.2, 0) is 12.0 Å². The molecule has 0 atom stereocenters. The molecule has 0 saturated heterocycles. The predicted molar refractivity (Wildman–Crippen MR) is 112 cm³/mol. The summed E-state index contributed by atoms with van der Waals surface area (Å²) in [5, 5.41) is 7.69. The summed E-state index contributed by atoms with van der Waals surface area (Å²) in [5.74, 6) is 0.657. The van der Waals surface area contributed by atoms with Crippen molar-refractivity contribution in [1.29, 1.82) is 0 Å². The second-order valence-electron chi connectivity index (χ2n) is 6.15. The molecule has 1 aromatic heterocycles. The van der Waals surface area contributed by atoms with Gasteiger partial charge in [-0.25, -0.2) is 14.4 Å². The number of halogens is 2. The summed E-state index contributed by atoms with van der Waals surface area (Å²) in [7, 11) is 0. The molecule has 3 rings (SSSR count). The number of guanidine groups is 1.